The highest BCUT2D eigenvalue weighted by atomic mass is 16.5. The van der Waals surface area contributed by atoms with Gasteiger partial charge in [0.25, 0.3) is 0 Å². The van der Waals surface area contributed by atoms with E-state index in [0.29, 0.717) is 37.9 Å². The predicted octanol–water partition coefficient (Wildman–Crippen LogP) is 4.35. The summed E-state index contributed by atoms with van der Waals surface area (Å²) < 4.78 is 18.7. The van der Waals surface area contributed by atoms with E-state index in [9.17, 15) is 5.11 Å². The zero-order chi connectivity index (χ0) is 23.8. The molecule has 7 heteroatoms. The van der Waals surface area contributed by atoms with Gasteiger partial charge in [-0.15, -0.1) is 0 Å². The van der Waals surface area contributed by atoms with Gasteiger partial charge in [-0.25, -0.2) is 4.68 Å². The van der Waals surface area contributed by atoms with Crippen molar-refractivity contribution in [3.05, 3.63) is 60.2 Å². The van der Waals surface area contributed by atoms with E-state index in [1.165, 1.54) is 0 Å². The number of hydrogen-bond acceptors (Lipinski definition) is 6. The molecule has 1 N–H and O–H groups in total. The molecule has 1 aromatic heterocycles. The van der Waals surface area contributed by atoms with Gasteiger partial charge in [0.05, 0.1) is 25.4 Å². The summed E-state index contributed by atoms with van der Waals surface area (Å²) in [5.74, 6) is 2.30. The number of aliphatic hydroxyl groups is 1. The Bertz CT molecular complexity index is 987. The van der Waals surface area contributed by atoms with E-state index in [2.05, 4.69) is 4.90 Å². The Labute approximate surface area is 196 Å². The highest BCUT2D eigenvalue weighted by Gasteiger charge is 2.24. The van der Waals surface area contributed by atoms with Gasteiger partial charge in [-0.05, 0) is 30.2 Å². The molecule has 0 amide bonds. The minimum Gasteiger partial charge on any atom is -0.497 e. The van der Waals surface area contributed by atoms with Gasteiger partial charge in [-0.3, -0.25) is 4.90 Å². The quantitative estimate of drug-likeness (QED) is 0.440. The van der Waals surface area contributed by atoms with Crippen LogP contribution >= 0.6 is 0 Å². The monoisotopic (exact) mass is 453 g/mol. The molecule has 178 valence electrons. The minimum absolute atomic E-state index is 0.160. The van der Waals surface area contributed by atoms with Crippen molar-refractivity contribution in [2.75, 3.05) is 33.9 Å². The molecule has 7 nitrogen and oxygen atoms in total. The maximum absolute atomic E-state index is 10.6. The van der Waals surface area contributed by atoms with Crippen LogP contribution in [0.1, 0.15) is 19.4 Å². The number of ether oxygens (including phenoxy) is 3. The number of rotatable bonds is 12. The van der Waals surface area contributed by atoms with E-state index in [1.807, 2.05) is 75.5 Å². The van der Waals surface area contributed by atoms with E-state index < -0.39 is 6.10 Å². The molecule has 3 aromatic rings. The molecule has 1 unspecified atom stereocenters. The molecule has 0 spiro atoms. The Morgan fingerprint density at radius 3 is 2.27 bits per heavy atom. The normalized spacial score (nSPS) is 12.4. The molecular weight excluding hydrogens is 418 g/mol. The van der Waals surface area contributed by atoms with Gasteiger partial charge in [0.2, 0.25) is 5.88 Å². The standard InChI is InChI=1S/C26H35N3O4/c1-19(2)24(30)18-29(15-16-31-4)17-23-25(20-9-7-6-8-10-20)27-28(3)26(23)33-22-13-11-21(32-5)12-14-22/h6-14,19,24,30H,15-18H2,1-5H3. The van der Waals surface area contributed by atoms with Gasteiger partial charge >= 0.3 is 0 Å². The van der Waals surface area contributed by atoms with Crippen LogP contribution in [0.15, 0.2) is 54.6 Å². The molecule has 0 fully saturated rings. The third-order valence-electron chi connectivity index (χ3n) is 5.62. The number of methoxy groups -OCH3 is 2. The smallest absolute Gasteiger partial charge is 0.222 e. The zero-order valence-electron chi connectivity index (χ0n) is 20.2. The Hall–Kier alpha value is -2.87. The van der Waals surface area contributed by atoms with Crippen molar-refractivity contribution in [1.82, 2.24) is 14.7 Å². The second-order valence-electron chi connectivity index (χ2n) is 8.44. The van der Waals surface area contributed by atoms with Crippen molar-refractivity contribution in [2.24, 2.45) is 13.0 Å². The fourth-order valence-corrected chi connectivity index (χ4v) is 3.56. The summed E-state index contributed by atoms with van der Waals surface area (Å²) in [5.41, 5.74) is 2.85. The van der Waals surface area contributed by atoms with Crippen LogP contribution < -0.4 is 9.47 Å². The van der Waals surface area contributed by atoms with Gasteiger partial charge in [-0.2, -0.15) is 5.10 Å². The lowest BCUT2D eigenvalue weighted by Crippen LogP contribution is -2.36. The van der Waals surface area contributed by atoms with E-state index in [1.54, 1.807) is 18.9 Å². The summed E-state index contributed by atoms with van der Waals surface area (Å²) in [7, 11) is 5.22. The first kappa shape index (κ1) is 24.8. The maximum atomic E-state index is 10.6. The van der Waals surface area contributed by atoms with Crippen LogP contribution in [0.2, 0.25) is 0 Å². The van der Waals surface area contributed by atoms with Crippen LogP contribution in [-0.4, -0.2) is 59.8 Å². The summed E-state index contributed by atoms with van der Waals surface area (Å²) >= 11 is 0. The van der Waals surface area contributed by atoms with Gasteiger partial charge in [0.1, 0.15) is 17.2 Å². The molecule has 33 heavy (non-hydrogen) atoms. The summed E-state index contributed by atoms with van der Waals surface area (Å²) in [6.07, 6.45) is -0.440. The van der Waals surface area contributed by atoms with Crippen LogP contribution in [0.25, 0.3) is 11.3 Å². The first-order chi connectivity index (χ1) is 15.9. The Morgan fingerprint density at radius 1 is 1.00 bits per heavy atom. The van der Waals surface area contributed by atoms with Gasteiger partial charge in [0.15, 0.2) is 0 Å². The van der Waals surface area contributed by atoms with E-state index in [4.69, 9.17) is 19.3 Å². The Kier molecular flexibility index (Phi) is 8.88. The number of nitrogens with zero attached hydrogens (tertiary/aromatic N) is 3. The Balaban J connectivity index is 1.99. The number of aliphatic hydroxyl groups excluding tert-OH is 1. The lowest BCUT2D eigenvalue weighted by atomic mass is 10.1. The number of aromatic nitrogens is 2. The average molecular weight is 454 g/mol. The van der Waals surface area contributed by atoms with Crippen LogP contribution in [0.4, 0.5) is 0 Å². The first-order valence-corrected chi connectivity index (χ1v) is 11.3. The molecule has 2 aromatic carbocycles. The molecule has 0 aliphatic heterocycles. The molecule has 0 radical (unpaired) electrons. The summed E-state index contributed by atoms with van der Waals surface area (Å²) in [6.45, 7) is 6.41. The summed E-state index contributed by atoms with van der Waals surface area (Å²) in [5, 5.41) is 15.4. The first-order valence-electron chi connectivity index (χ1n) is 11.3. The van der Waals surface area contributed by atoms with Crippen molar-refractivity contribution < 1.29 is 19.3 Å². The van der Waals surface area contributed by atoms with Crippen LogP contribution in [0.5, 0.6) is 17.4 Å². The van der Waals surface area contributed by atoms with E-state index >= 15 is 0 Å². The zero-order valence-corrected chi connectivity index (χ0v) is 20.2. The largest absolute Gasteiger partial charge is 0.497 e. The number of hydrogen-bond donors (Lipinski definition) is 1. The molecule has 0 aliphatic carbocycles. The Morgan fingerprint density at radius 2 is 1.67 bits per heavy atom. The third kappa shape index (κ3) is 6.57. The van der Waals surface area contributed by atoms with Crippen LogP contribution in [-0.2, 0) is 18.3 Å². The van der Waals surface area contributed by atoms with Gasteiger partial charge < -0.3 is 19.3 Å². The van der Waals surface area contributed by atoms with Crippen molar-refractivity contribution in [3.8, 4) is 28.6 Å². The fourth-order valence-electron chi connectivity index (χ4n) is 3.56. The molecule has 0 aliphatic rings. The van der Waals surface area contributed by atoms with Crippen molar-refractivity contribution in [2.45, 2.75) is 26.5 Å². The highest BCUT2D eigenvalue weighted by Crippen LogP contribution is 2.34. The van der Waals surface area contributed by atoms with Crippen molar-refractivity contribution >= 4 is 0 Å². The topological polar surface area (TPSA) is 69.0 Å². The fraction of sp³-hybridized carbons (Fsp3) is 0.423. The van der Waals surface area contributed by atoms with Gasteiger partial charge in [-0.1, -0.05) is 44.2 Å². The average Bonchev–Trinajstić information content (AvgIpc) is 3.13. The number of benzene rings is 2. The van der Waals surface area contributed by atoms with Crippen molar-refractivity contribution in [1.29, 1.82) is 0 Å². The molecule has 0 saturated carbocycles. The summed E-state index contributed by atoms with van der Waals surface area (Å²) in [6, 6.07) is 17.6. The third-order valence-corrected chi connectivity index (χ3v) is 5.62. The molecule has 3 rings (SSSR count). The molecule has 1 heterocycles. The lowest BCUT2D eigenvalue weighted by molar-refractivity contribution is 0.0589. The SMILES string of the molecule is COCCN(Cc1c(-c2ccccc2)nn(C)c1Oc1ccc(OC)cc1)CC(O)C(C)C. The van der Waals surface area contributed by atoms with E-state index in [0.717, 1.165) is 22.6 Å². The van der Waals surface area contributed by atoms with Gasteiger partial charge in [0, 0.05) is 39.4 Å². The van der Waals surface area contributed by atoms with E-state index in [-0.39, 0.29) is 5.92 Å². The molecular formula is C26H35N3O4. The maximum Gasteiger partial charge on any atom is 0.222 e. The molecule has 1 atom stereocenters. The van der Waals surface area contributed by atoms with Crippen LogP contribution in [0.3, 0.4) is 0 Å². The predicted molar refractivity (Wildman–Crippen MR) is 130 cm³/mol. The lowest BCUT2D eigenvalue weighted by Gasteiger charge is -2.27. The molecule has 0 saturated heterocycles. The molecule has 0 bridgehead atoms. The van der Waals surface area contributed by atoms with Crippen molar-refractivity contribution in [3.63, 3.8) is 0 Å². The second-order valence-corrected chi connectivity index (χ2v) is 8.44. The minimum atomic E-state index is -0.440. The second kappa shape index (κ2) is 11.8. The number of aryl methyl sites for hydroxylation is 1. The van der Waals surface area contributed by atoms with Crippen LogP contribution in [0, 0.1) is 5.92 Å². The summed E-state index contributed by atoms with van der Waals surface area (Å²) in [4.78, 5) is 2.19. The highest BCUT2D eigenvalue weighted by molar-refractivity contribution is 5.65.